The lowest BCUT2D eigenvalue weighted by Crippen LogP contribution is -2.36. The molecule has 0 radical (unpaired) electrons. The Bertz CT molecular complexity index is 508. The minimum absolute atomic E-state index is 0.483. The molecule has 0 atom stereocenters. The van der Waals surface area contributed by atoms with Crippen LogP contribution in [-0.2, 0) is 6.54 Å². The summed E-state index contributed by atoms with van der Waals surface area (Å²) in [4.78, 5) is 6.37. The van der Waals surface area contributed by atoms with Crippen LogP contribution in [0.5, 0.6) is 0 Å². The maximum atomic E-state index is 5.92. The van der Waals surface area contributed by atoms with Gasteiger partial charge in [0, 0.05) is 18.5 Å². The number of hydrogen-bond donors (Lipinski definition) is 1. The third-order valence-electron chi connectivity index (χ3n) is 2.96. The summed E-state index contributed by atoms with van der Waals surface area (Å²) in [5.41, 5.74) is 6.81. The highest BCUT2D eigenvalue weighted by molar-refractivity contribution is 5.79. The van der Waals surface area contributed by atoms with Crippen molar-refractivity contribution in [3.8, 4) is 0 Å². The number of nitrogens with two attached hydrogens (primary N) is 1. The fourth-order valence-corrected chi connectivity index (χ4v) is 1.92. The number of para-hydroxylation sites is 1. The smallest absolute Gasteiger partial charge is 0.191 e. The van der Waals surface area contributed by atoms with E-state index in [0.29, 0.717) is 12.5 Å². The summed E-state index contributed by atoms with van der Waals surface area (Å²) >= 11 is 0. The molecule has 0 spiro atoms. The van der Waals surface area contributed by atoms with Crippen molar-refractivity contribution in [2.24, 2.45) is 10.7 Å². The van der Waals surface area contributed by atoms with E-state index in [4.69, 9.17) is 10.2 Å². The fourth-order valence-electron chi connectivity index (χ4n) is 1.92. The molecular weight excluding hydrogens is 226 g/mol. The van der Waals surface area contributed by atoms with Gasteiger partial charge in [-0.3, -0.25) is 0 Å². The van der Waals surface area contributed by atoms with E-state index >= 15 is 0 Å². The van der Waals surface area contributed by atoms with Crippen molar-refractivity contribution in [1.82, 2.24) is 4.90 Å². The van der Waals surface area contributed by atoms with Gasteiger partial charge in [-0.1, -0.05) is 18.2 Å². The summed E-state index contributed by atoms with van der Waals surface area (Å²) in [7, 11) is 0. The van der Waals surface area contributed by atoms with Crippen LogP contribution in [0.4, 0.5) is 0 Å². The topological polar surface area (TPSA) is 54.8 Å². The van der Waals surface area contributed by atoms with Gasteiger partial charge in [-0.2, -0.15) is 0 Å². The average molecular weight is 245 g/mol. The summed E-state index contributed by atoms with van der Waals surface area (Å²) in [6.45, 7) is 6.34. The molecule has 0 saturated heterocycles. The summed E-state index contributed by atoms with van der Waals surface area (Å²) in [5, 5.41) is 1.10. The molecule has 0 aliphatic rings. The first kappa shape index (κ1) is 12.5. The molecule has 4 nitrogen and oxygen atoms in total. The van der Waals surface area contributed by atoms with Crippen LogP contribution in [0.3, 0.4) is 0 Å². The van der Waals surface area contributed by atoms with Crippen LogP contribution in [0.1, 0.15) is 19.6 Å². The predicted octanol–water partition coefficient (Wildman–Crippen LogP) is 2.59. The number of guanidine groups is 1. The highest BCUT2D eigenvalue weighted by atomic mass is 16.3. The van der Waals surface area contributed by atoms with Gasteiger partial charge in [0.2, 0.25) is 0 Å². The van der Waals surface area contributed by atoms with Crippen molar-refractivity contribution in [3.05, 3.63) is 36.1 Å². The Balaban J connectivity index is 2.11. The minimum Gasteiger partial charge on any atom is -0.459 e. The third kappa shape index (κ3) is 2.64. The van der Waals surface area contributed by atoms with Gasteiger partial charge in [-0.25, -0.2) is 4.99 Å². The Morgan fingerprint density at radius 3 is 2.67 bits per heavy atom. The first-order chi connectivity index (χ1) is 8.74. The molecule has 2 rings (SSSR count). The zero-order valence-corrected chi connectivity index (χ0v) is 10.9. The Hall–Kier alpha value is -1.97. The normalized spacial score (nSPS) is 12.0. The Labute approximate surface area is 107 Å². The molecule has 2 N–H and O–H groups in total. The van der Waals surface area contributed by atoms with Crippen molar-refractivity contribution in [2.75, 3.05) is 13.1 Å². The molecule has 1 aromatic heterocycles. The number of fused-ring (bicyclic) bond motifs is 1. The van der Waals surface area contributed by atoms with Gasteiger partial charge in [0.15, 0.2) is 5.96 Å². The van der Waals surface area contributed by atoms with Gasteiger partial charge < -0.3 is 15.1 Å². The zero-order chi connectivity index (χ0) is 13.0. The van der Waals surface area contributed by atoms with Crippen molar-refractivity contribution < 1.29 is 4.42 Å². The van der Waals surface area contributed by atoms with E-state index in [1.807, 2.05) is 35.2 Å². The largest absolute Gasteiger partial charge is 0.459 e. The fraction of sp³-hybridized carbons (Fsp3) is 0.357. The Kier molecular flexibility index (Phi) is 3.87. The number of rotatable bonds is 4. The van der Waals surface area contributed by atoms with Gasteiger partial charge in [0.25, 0.3) is 0 Å². The molecule has 96 valence electrons. The quantitative estimate of drug-likeness (QED) is 0.665. The standard InChI is InChI=1S/C14H19N3O/c1-3-17(4-2)14(15)16-10-12-9-11-7-5-6-8-13(11)18-12/h5-9H,3-4,10H2,1-2H3,(H2,15,16). The first-order valence-corrected chi connectivity index (χ1v) is 6.27. The van der Waals surface area contributed by atoms with Gasteiger partial charge >= 0.3 is 0 Å². The van der Waals surface area contributed by atoms with E-state index in [-0.39, 0.29) is 0 Å². The Morgan fingerprint density at radius 2 is 2.00 bits per heavy atom. The monoisotopic (exact) mass is 245 g/mol. The van der Waals surface area contributed by atoms with Gasteiger partial charge in [0.05, 0.1) is 0 Å². The second kappa shape index (κ2) is 5.58. The van der Waals surface area contributed by atoms with Gasteiger partial charge in [-0.15, -0.1) is 0 Å². The predicted molar refractivity (Wildman–Crippen MR) is 74.5 cm³/mol. The molecule has 0 unspecified atom stereocenters. The molecule has 0 saturated carbocycles. The molecule has 0 bridgehead atoms. The van der Waals surface area contributed by atoms with Crippen LogP contribution < -0.4 is 5.73 Å². The van der Waals surface area contributed by atoms with Crippen LogP contribution in [0.2, 0.25) is 0 Å². The number of hydrogen-bond acceptors (Lipinski definition) is 2. The maximum Gasteiger partial charge on any atom is 0.191 e. The van der Waals surface area contributed by atoms with Crippen molar-refractivity contribution in [1.29, 1.82) is 0 Å². The lowest BCUT2D eigenvalue weighted by Gasteiger charge is -2.18. The van der Waals surface area contributed by atoms with E-state index in [1.54, 1.807) is 0 Å². The van der Waals surface area contributed by atoms with Gasteiger partial charge in [0.1, 0.15) is 17.9 Å². The van der Waals surface area contributed by atoms with E-state index in [9.17, 15) is 0 Å². The van der Waals surface area contributed by atoms with E-state index < -0.39 is 0 Å². The van der Waals surface area contributed by atoms with E-state index in [0.717, 1.165) is 29.8 Å². The average Bonchev–Trinajstić information content (AvgIpc) is 2.80. The van der Waals surface area contributed by atoms with Crippen LogP contribution in [0.15, 0.2) is 39.7 Å². The number of nitrogens with zero attached hydrogens (tertiary/aromatic N) is 2. The summed E-state index contributed by atoms with van der Waals surface area (Å²) < 4.78 is 5.68. The number of benzene rings is 1. The van der Waals surface area contributed by atoms with Crippen LogP contribution in [0, 0.1) is 0 Å². The SMILES string of the molecule is CCN(CC)C(N)=NCc1cc2ccccc2o1. The number of furan rings is 1. The molecular formula is C14H19N3O. The second-order valence-electron chi connectivity index (χ2n) is 4.10. The highest BCUT2D eigenvalue weighted by Crippen LogP contribution is 2.19. The van der Waals surface area contributed by atoms with E-state index in [1.165, 1.54) is 0 Å². The van der Waals surface area contributed by atoms with Crippen molar-refractivity contribution in [2.45, 2.75) is 20.4 Å². The molecule has 2 aromatic rings. The molecule has 0 aliphatic carbocycles. The summed E-state index contributed by atoms with van der Waals surface area (Å²) in [6.07, 6.45) is 0. The lowest BCUT2D eigenvalue weighted by atomic mass is 10.2. The molecule has 1 heterocycles. The lowest BCUT2D eigenvalue weighted by molar-refractivity contribution is 0.456. The third-order valence-corrected chi connectivity index (χ3v) is 2.96. The molecule has 4 heteroatoms. The first-order valence-electron chi connectivity index (χ1n) is 6.27. The molecule has 1 aromatic carbocycles. The molecule has 18 heavy (non-hydrogen) atoms. The number of aliphatic imine (C=N–C) groups is 1. The van der Waals surface area contributed by atoms with Crippen LogP contribution >= 0.6 is 0 Å². The summed E-state index contributed by atoms with van der Waals surface area (Å²) in [6, 6.07) is 9.95. The highest BCUT2D eigenvalue weighted by Gasteiger charge is 2.04. The molecule has 0 aliphatic heterocycles. The van der Waals surface area contributed by atoms with Crippen molar-refractivity contribution >= 4 is 16.9 Å². The molecule has 0 amide bonds. The minimum atomic E-state index is 0.483. The van der Waals surface area contributed by atoms with Crippen LogP contribution in [-0.4, -0.2) is 23.9 Å². The summed E-state index contributed by atoms with van der Waals surface area (Å²) in [5.74, 6) is 1.41. The van der Waals surface area contributed by atoms with Crippen molar-refractivity contribution in [3.63, 3.8) is 0 Å². The molecule has 0 fully saturated rings. The maximum absolute atomic E-state index is 5.92. The van der Waals surface area contributed by atoms with Crippen LogP contribution in [0.25, 0.3) is 11.0 Å². The van der Waals surface area contributed by atoms with Gasteiger partial charge in [-0.05, 0) is 26.0 Å². The van der Waals surface area contributed by atoms with E-state index in [2.05, 4.69) is 18.8 Å². The second-order valence-corrected chi connectivity index (χ2v) is 4.10. The zero-order valence-electron chi connectivity index (χ0n) is 10.9. The Morgan fingerprint density at radius 1 is 1.28 bits per heavy atom.